The number of aromatic nitrogens is 2. The highest BCUT2D eigenvalue weighted by molar-refractivity contribution is 7.99. The molecule has 1 heterocycles. The van der Waals surface area contributed by atoms with Crippen LogP contribution in [0.1, 0.15) is 81.6 Å². The first-order valence-electron chi connectivity index (χ1n) is 10.3. The van der Waals surface area contributed by atoms with E-state index in [1.54, 1.807) is 11.8 Å². The Labute approximate surface area is 162 Å². The van der Waals surface area contributed by atoms with Crippen LogP contribution >= 0.6 is 11.8 Å². The van der Waals surface area contributed by atoms with E-state index in [0.717, 1.165) is 23.8 Å². The Hall–Kier alpha value is -1.23. The van der Waals surface area contributed by atoms with Crippen molar-refractivity contribution in [2.45, 2.75) is 89.3 Å². The highest BCUT2D eigenvalue weighted by Gasteiger charge is 2.22. The number of carbonyl (C=O) groups excluding carboxylic acids is 1. The van der Waals surface area contributed by atoms with Gasteiger partial charge >= 0.3 is 0 Å². The fourth-order valence-electron chi connectivity index (χ4n) is 4.14. The van der Waals surface area contributed by atoms with E-state index in [2.05, 4.69) is 29.8 Å². The first-order chi connectivity index (χ1) is 12.6. The molecule has 1 amide bonds. The van der Waals surface area contributed by atoms with Crippen molar-refractivity contribution < 1.29 is 4.79 Å². The minimum Gasteiger partial charge on any atom is -0.355 e. The summed E-state index contributed by atoms with van der Waals surface area (Å²) in [5, 5.41) is 4.11. The van der Waals surface area contributed by atoms with Gasteiger partial charge in [0.25, 0.3) is 0 Å². The monoisotopic (exact) mass is 375 g/mol. The van der Waals surface area contributed by atoms with Gasteiger partial charge in [-0.25, -0.2) is 4.98 Å². The van der Waals surface area contributed by atoms with Crippen LogP contribution in [-0.2, 0) is 4.79 Å². The zero-order chi connectivity index (χ0) is 18.4. The van der Waals surface area contributed by atoms with E-state index in [-0.39, 0.29) is 5.91 Å². The predicted molar refractivity (Wildman–Crippen MR) is 109 cm³/mol. The first kappa shape index (κ1) is 19.5. The molecule has 0 aromatic carbocycles. The quantitative estimate of drug-likeness (QED) is 0.532. The second-order valence-corrected chi connectivity index (χ2v) is 8.67. The Morgan fingerprint density at radius 2 is 2.04 bits per heavy atom. The SMILES string of the molecule is Cc1nc(SCC(=O)NCCC2=CCCCC2)n(C2CCCCC2)c1C. The molecular weight excluding hydrogens is 342 g/mol. The van der Waals surface area contributed by atoms with Gasteiger partial charge < -0.3 is 9.88 Å². The number of allylic oxidation sites excluding steroid dienone is 1. The summed E-state index contributed by atoms with van der Waals surface area (Å²) in [5.41, 5.74) is 3.88. The molecule has 5 heteroatoms. The van der Waals surface area contributed by atoms with Crippen molar-refractivity contribution in [3.63, 3.8) is 0 Å². The lowest BCUT2D eigenvalue weighted by Crippen LogP contribution is -2.26. The predicted octanol–water partition coefficient (Wildman–Crippen LogP) is 5.10. The second-order valence-electron chi connectivity index (χ2n) is 7.72. The average Bonchev–Trinajstić information content (AvgIpc) is 2.95. The lowest BCUT2D eigenvalue weighted by Gasteiger charge is -2.26. The van der Waals surface area contributed by atoms with Crippen LogP contribution in [0.5, 0.6) is 0 Å². The van der Waals surface area contributed by atoms with Gasteiger partial charge in [-0.2, -0.15) is 0 Å². The van der Waals surface area contributed by atoms with Gasteiger partial charge in [-0.15, -0.1) is 0 Å². The largest absolute Gasteiger partial charge is 0.355 e. The number of imidazole rings is 1. The van der Waals surface area contributed by atoms with E-state index in [9.17, 15) is 4.79 Å². The van der Waals surface area contributed by atoms with Crippen molar-refractivity contribution in [2.75, 3.05) is 12.3 Å². The summed E-state index contributed by atoms with van der Waals surface area (Å²) in [6, 6.07) is 0.564. The molecule has 26 heavy (non-hydrogen) atoms. The van der Waals surface area contributed by atoms with Gasteiger partial charge in [0.15, 0.2) is 5.16 Å². The van der Waals surface area contributed by atoms with Gasteiger partial charge in [0.1, 0.15) is 0 Å². The van der Waals surface area contributed by atoms with Gasteiger partial charge in [0.05, 0.1) is 11.4 Å². The molecule has 0 unspecified atom stereocenters. The summed E-state index contributed by atoms with van der Waals surface area (Å²) >= 11 is 1.60. The maximum atomic E-state index is 12.2. The normalized spacial score (nSPS) is 18.6. The Morgan fingerprint density at radius 3 is 2.77 bits per heavy atom. The van der Waals surface area contributed by atoms with Crippen LogP contribution in [0.2, 0.25) is 0 Å². The second kappa shape index (κ2) is 9.63. The molecule has 1 N–H and O–H groups in total. The topological polar surface area (TPSA) is 46.9 Å². The van der Waals surface area contributed by atoms with Crippen LogP contribution in [0.3, 0.4) is 0 Å². The van der Waals surface area contributed by atoms with E-state index >= 15 is 0 Å². The highest BCUT2D eigenvalue weighted by atomic mass is 32.2. The lowest BCUT2D eigenvalue weighted by atomic mass is 9.95. The third kappa shape index (κ3) is 5.15. The minimum atomic E-state index is 0.125. The maximum absolute atomic E-state index is 12.2. The lowest BCUT2D eigenvalue weighted by molar-refractivity contribution is -0.118. The number of thioether (sulfide) groups is 1. The summed E-state index contributed by atoms with van der Waals surface area (Å²) < 4.78 is 2.40. The summed E-state index contributed by atoms with van der Waals surface area (Å²) in [6.07, 6.45) is 14.9. The van der Waals surface area contributed by atoms with Crippen molar-refractivity contribution in [2.24, 2.45) is 0 Å². The zero-order valence-electron chi connectivity index (χ0n) is 16.4. The molecule has 2 aliphatic rings. The number of carbonyl (C=O) groups is 1. The number of hydrogen-bond donors (Lipinski definition) is 1. The molecule has 0 spiro atoms. The van der Waals surface area contributed by atoms with Crippen molar-refractivity contribution in [1.29, 1.82) is 0 Å². The van der Waals surface area contributed by atoms with Crippen LogP contribution in [0.4, 0.5) is 0 Å². The fourth-order valence-corrected chi connectivity index (χ4v) is 5.13. The molecule has 1 aromatic rings. The third-order valence-electron chi connectivity index (χ3n) is 5.78. The van der Waals surface area contributed by atoms with Crippen LogP contribution in [0.25, 0.3) is 0 Å². The summed E-state index contributed by atoms with van der Waals surface area (Å²) in [7, 11) is 0. The number of hydrogen-bond acceptors (Lipinski definition) is 3. The van der Waals surface area contributed by atoms with Gasteiger partial charge in [-0.1, -0.05) is 42.7 Å². The van der Waals surface area contributed by atoms with Gasteiger partial charge in [0, 0.05) is 18.3 Å². The average molecular weight is 376 g/mol. The van der Waals surface area contributed by atoms with E-state index in [4.69, 9.17) is 4.98 Å². The van der Waals surface area contributed by atoms with Crippen LogP contribution in [0.15, 0.2) is 16.8 Å². The molecule has 0 bridgehead atoms. The molecule has 0 atom stereocenters. The number of amides is 1. The van der Waals surface area contributed by atoms with E-state index in [0.29, 0.717) is 11.8 Å². The van der Waals surface area contributed by atoms with E-state index < -0.39 is 0 Å². The summed E-state index contributed by atoms with van der Waals surface area (Å²) in [6.45, 7) is 5.01. The van der Waals surface area contributed by atoms with Crippen molar-refractivity contribution in [3.05, 3.63) is 23.0 Å². The molecule has 1 fully saturated rings. The Kier molecular flexibility index (Phi) is 7.23. The minimum absolute atomic E-state index is 0.125. The molecule has 1 saturated carbocycles. The Morgan fingerprint density at radius 1 is 1.23 bits per heavy atom. The molecule has 3 rings (SSSR count). The molecule has 1 aromatic heterocycles. The van der Waals surface area contributed by atoms with Crippen LogP contribution in [0, 0.1) is 13.8 Å². The van der Waals surface area contributed by atoms with E-state index in [1.165, 1.54) is 69.1 Å². The first-order valence-corrected chi connectivity index (χ1v) is 11.3. The number of rotatable bonds is 7. The molecule has 2 aliphatic carbocycles. The molecule has 0 radical (unpaired) electrons. The van der Waals surface area contributed by atoms with Crippen LogP contribution in [-0.4, -0.2) is 27.8 Å². The Bertz CT molecular complexity index is 644. The van der Waals surface area contributed by atoms with Gasteiger partial charge in [0.2, 0.25) is 5.91 Å². The maximum Gasteiger partial charge on any atom is 0.230 e. The molecule has 144 valence electrons. The van der Waals surface area contributed by atoms with Crippen molar-refractivity contribution >= 4 is 17.7 Å². The summed E-state index contributed by atoms with van der Waals surface area (Å²) in [4.78, 5) is 17.0. The smallest absolute Gasteiger partial charge is 0.230 e. The fraction of sp³-hybridized carbons (Fsp3) is 0.714. The van der Waals surface area contributed by atoms with Crippen molar-refractivity contribution in [3.8, 4) is 0 Å². The number of nitrogens with zero attached hydrogens (tertiary/aromatic N) is 2. The van der Waals surface area contributed by atoms with E-state index in [1.807, 2.05) is 0 Å². The standard InChI is InChI=1S/C21H33N3OS/c1-16-17(2)24(19-11-7-4-8-12-19)21(23-16)26-15-20(25)22-14-13-18-9-5-3-6-10-18/h9,19H,3-8,10-15H2,1-2H3,(H,22,25). The number of nitrogens with one attached hydrogen (secondary N) is 1. The summed E-state index contributed by atoms with van der Waals surface area (Å²) in [5.74, 6) is 0.585. The third-order valence-corrected chi connectivity index (χ3v) is 6.73. The van der Waals surface area contributed by atoms with Gasteiger partial charge in [-0.3, -0.25) is 4.79 Å². The van der Waals surface area contributed by atoms with Crippen molar-refractivity contribution in [1.82, 2.24) is 14.9 Å². The molecular formula is C21H33N3OS. The zero-order valence-corrected chi connectivity index (χ0v) is 17.2. The number of aryl methyl sites for hydroxylation is 1. The van der Waals surface area contributed by atoms with Gasteiger partial charge in [-0.05, 0) is 58.8 Å². The van der Waals surface area contributed by atoms with Crippen LogP contribution < -0.4 is 5.32 Å². The molecule has 0 saturated heterocycles. The molecule has 0 aliphatic heterocycles. The Balaban J connectivity index is 1.49. The highest BCUT2D eigenvalue weighted by Crippen LogP contribution is 2.34. The molecule has 4 nitrogen and oxygen atoms in total.